The SMILES string of the molecule is CCOc1cc(C(=O)N2C3CCN2CC3)ccc1-c1nc2ncncc2[nH]1. The molecule has 0 spiro atoms. The zero-order valence-electron chi connectivity index (χ0n) is 15.1. The fourth-order valence-corrected chi connectivity index (χ4v) is 3.99. The number of carbonyl (C=O) groups is 1. The lowest BCUT2D eigenvalue weighted by Gasteiger charge is -2.24. The molecular formula is C19H20N6O2. The highest BCUT2D eigenvalue weighted by molar-refractivity contribution is 5.96. The quantitative estimate of drug-likeness (QED) is 0.764. The van der Waals surface area contributed by atoms with E-state index in [9.17, 15) is 4.79 Å². The van der Waals surface area contributed by atoms with Gasteiger partial charge in [-0.1, -0.05) is 0 Å². The first-order chi connectivity index (χ1) is 13.2. The Kier molecular flexibility index (Phi) is 3.78. The number of amides is 1. The molecule has 27 heavy (non-hydrogen) atoms. The molecule has 2 fully saturated rings. The van der Waals surface area contributed by atoms with Gasteiger partial charge in [0.05, 0.1) is 24.4 Å². The lowest BCUT2D eigenvalue weighted by atomic mass is 10.1. The van der Waals surface area contributed by atoms with Crippen LogP contribution < -0.4 is 4.74 Å². The van der Waals surface area contributed by atoms with E-state index >= 15 is 0 Å². The highest BCUT2D eigenvalue weighted by atomic mass is 16.5. The third-order valence-electron chi connectivity index (χ3n) is 5.25. The number of nitrogens with one attached hydrogen (secondary N) is 1. The van der Waals surface area contributed by atoms with E-state index in [0.29, 0.717) is 35.4 Å². The molecule has 2 aliphatic rings. The molecule has 1 aromatic carbocycles. The van der Waals surface area contributed by atoms with E-state index in [4.69, 9.17) is 4.74 Å². The second kappa shape index (κ2) is 6.31. The number of hydrazine groups is 1. The molecule has 2 aromatic heterocycles. The van der Waals surface area contributed by atoms with E-state index in [1.54, 1.807) is 6.20 Å². The summed E-state index contributed by atoms with van der Waals surface area (Å²) in [4.78, 5) is 29.0. The number of fused-ring (bicyclic) bond motifs is 3. The Bertz CT molecular complexity index is 963. The van der Waals surface area contributed by atoms with Crippen molar-refractivity contribution in [2.45, 2.75) is 25.8 Å². The number of nitrogens with zero attached hydrogens (tertiary/aromatic N) is 5. The summed E-state index contributed by atoms with van der Waals surface area (Å²) in [5.41, 5.74) is 2.80. The molecule has 8 nitrogen and oxygen atoms in total. The molecule has 0 atom stereocenters. The Morgan fingerprint density at radius 1 is 1.33 bits per heavy atom. The molecule has 0 saturated carbocycles. The van der Waals surface area contributed by atoms with Gasteiger partial charge in [-0.15, -0.1) is 0 Å². The summed E-state index contributed by atoms with van der Waals surface area (Å²) in [6, 6.07) is 5.88. The molecule has 0 unspecified atom stereocenters. The van der Waals surface area contributed by atoms with Crippen molar-refractivity contribution in [2.75, 3.05) is 19.7 Å². The van der Waals surface area contributed by atoms with Crippen LogP contribution in [0.4, 0.5) is 0 Å². The minimum absolute atomic E-state index is 0.0398. The molecule has 8 heteroatoms. The topological polar surface area (TPSA) is 87.2 Å². The minimum atomic E-state index is 0.0398. The number of ether oxygens (including phenoxy) is 1. The number of carbonyl (C=O) groups excluding carboxylic acids is 1. The molecule has 1 N–H and O–H groups in total. The summed E-state index contributed by atoms with van der Waals surface area (Å²) in [7, 11) is 0. The summed E-state index contributed by atoms with van der Waals surface area (Å²) in [6.45, 7) is 4.36. The second-order valence-corrected chi connectivity index (χ2v) is 6.82. The van der Waals surface area contributed by atoms with Crippen LogP contribution in [0.3, 0.4) is 0 Å². The lowest BCUT2D eigenvalue weighted by molar-refractivity contribution is 0.0334. The average molecular weight is 364 g/mol. The summed E-state index contributed by atoms with van der Waals surface area (Å²) >= 11 is 0. The smallest absolute Gasteiger partial charge is 0.268 e. The van der Waals surface area contributed by atoms with E-state index < -0.39 is 0 Å². The Morgan fingerprint density at radius 2 is 2.19 bits per heavy atom. The first-order valence-electron chi connectivity index (χ1n) is 9.26. The molecule has 1 amide bonds. The van der Waals surface area contributed by atoms with Crippen molar-refractivity contribution in [1.29, 1.82) is 0 Å². The number of H-pyrrole nitrogens is 1. The van der Waals surface area contributed by atoms with Crippen LogP contribution in [0.1, 0.15) is 30.1 Å². The van der Waals surface area contributed by atoms with Gasteiger partial charge in [0.15, 0.2) is 5.65 Å². The van der Waals surface area contributed by atoms with Gasteiger partial charge in [-0.25, -0.2) is 20.0 Å². The maximum Gasteiger partial charge on any atom is 0.268 e. The molecular weight excluding hydrogens is 344 g/mol. The molecule has 0 aliphatic carbocycles. The zero-order valence-corrected chi connectivity index (χ0v) is 15.1. The molecule has 2 aliphatic heterocycles. The van der Waals surface area contributed by atoms with Gasteiger partial charge in [-0.3, -0.25) is 9.80 Å². The summed E-state index contributed by atoms with van der Waals surface area (Å²) in [6.07, 6.45) is 5.27. The lowest BCUT2D eigenvalue weighted by Crippen LogP contribution is -2.38. The van der Waals surface area contributed by atoms with Crippen molar-refractivity contribution >= 4 is 17.1 Å². The van der Waals surface area contributed by atoms with Crippen LogP contribution in [-0.2, 0) is 0 Å². The molecule has 4 heterocycles. The van der Waals surface area contributed by atoms with Gasteiger partial charge in [0.1, 0.15) is 23.4 Å². The molecule has 2 bridgehead atoms. The number of hydrogen-bond donors (Lipinski definition) is 1. The number of hydrogen-bond acceptors (Lipinski definition) is 6. The third-order valence-corrected chi connectivity index (χ3v) is 5.25. The fourth-order valence-electron chi connectivity index (χ4n) is 3.99. The van der Waals surface area contributed by atoms with Crippen LogP contribution in [0.5, 0.6) is 5.75 Å². The highest BCUT2D eigenvalue weighted by Crippen LogP contribution is 2.34. The first kappa shape index (κ1) is 16.2. The van der Waals surface area contributed by atoms with Crippen LogP contribution in [0.25, 0.3) is 22.6 Å². The van der Waals surface area contributed by atoms with E-state index in [1.807, 2.05) is 30.1 Å². The van der Waals surface area contributed by atoms with Crippen molar-refractivity contribution < 1.29 is 9.53 Å². The zero-order chi connectivity index (χ0) is 18.4. The highest BCUT2D eigenvalue weighted by Gasteiger charge is 2.41. The molecule has 3 aromatic rings. The van der Waals surface area contributed by atoms with Gasteiger partial charge in [0.25, 0.3) is 5.91 Å². The van der Waals surface area contributed by atoms with Crippen LogP contribution in [0.15, 0.2) is 30.7 Å². The predicted octanol–water partition coefficient (Wildman–Crippen LogP) is 2.25. The normalized spacial score (nSPS) is 21.1. The number of aromatic amines is 1. The number of benzene rings is 1. The summed E-state index contributed by atoms with van der Waals surface area (Å²) in [5, 5.41) is 4.07. The van der Waals surface area contributed by atoms with Crippen molar-refractivity contribution in [2.24, 2.45) is 0 Å². The molecule has 5 rings (SSSR count). The first-order valence-corrected chi connectivity index (χ1v) is 9.26. The van der Waals surface area contributed by atoms with Crippen LogP contribution in [-0.4, -0.2) is 61.6 Å². The number of piperidine rings is 1. The van der Waals surface area contributed by atoms with Gasteiger partial charge in [-0.2, -0.15) is 0 Å². The van der Waals surface area contributed by atoms with Crippen molar-refractivity contribution in [3.8, 4) is 17.1 Å². The third kappa shape index (κ3) is 2.64. The second-order valence-electron chi connectivity index (χ2n) is 6.82. The Hall–Kier alpha value is -3.00. The molecule has 138 valence electrons. The van der Waals surface area contributed by atoms with E-state index in [0.717, 1.165) is 37.0 Å². The van der Waals surface area contributed by atoms with Crippen LogP contribution >= 0.6 is 0 Å². The Labute approximate surface area is 156 Å². The van der Waals surface area contributed by atoms with E-state index in [2.05, 4.69) is 24.9 Å². The average Bonchev–Trinajstić information content (AvgIpc) is 3.41. The summed E-state index contributed by atoms with van der Waals surface area (Å²) < 4.78 is 5.83. The maximum absolute atomic E-state index is 13.0. The maximum atomic E-state index is 13.0. The van der Waals surface area contributed by atoms with Crippen LogP contribution in [0, 0.1) is 0 Å². The van der Waals surface area contributed by atoms with Gasteiger partial charge in [0.2, 0.25) is 0 Å². The van der Waals surface area contributed by atoms with Gasteiger partial charge in [-0.05, 0) is 38.0 Å². The number of aromatic nitrogens is 4. The van der Waals surface area contributed by atoms with Gasteiger partial charge < -0.3 is 9.72 Å². The number of imidazole rings is 1. The number of rotatable bonds is 4. The van der Waals surface area contributed by atoms with Gasteiger partial charge >= 0.3 is 0 Å². The molecule has 2 saturated heterocycles. The Balaban J connectivity index is 1.52. The standard InChI is InChI=1S/C19H20N6O2/c1-2-27-16-9-12(19(26)25-13-5-7-24(25)8-6-13)3-4-14(16)17-22-15-10-20-11-21-18(15)23-17/h3-4,9-11,13H,2,5-8H2,1H3,(H,20,21,22,23). The largest absolute Gasteiger partial charge is 0.493 e. The van der Waals surface area contributed by atoms with E-state index in [1.165, 1.54) is 6.33 Å². The molecule has 0 radical (unpaired) electrons. The van der Waals surface area contributed by atoms with E-state index in [-0.39, 0.29) is 5.91 Å². The van der Waals surface area contributed by atoms with Crippen molar-refractivity contribution in [3.05, 3.63) is 36.3 Å². The summed E-state index contributed by atoms with van der Waals surface area (Å²) in [5.74, 6) is 1.33. The monoisotopic (exact) mass is 364 g/mol. The van der Waals surface area contributed by atoms with Crippen molar-refractivity contribution in [1.82, 2.24) is 30.0 Å². The minimum Gasteiger partial charge on any atom is -0.493 e. The predicted molar refractivity (Wildman–Crippen MR) is 99.1 cm³/mol. The van der Waals surface area contributed by atoms with Crippen LogP contribution in [0.2, 0.25) is 0 Å². The fraction of sp³-hybridized carbons (Fsp3) is 0.368. The van der Waals surface area contributed by atoms with Crippen molar-refractivity contribution in [3.63, 3.8) is 0 Å². The van der Waals surface area contributed by atoms with Gasteiger partial charge in [0, 0.05) is 18.7 Å². The Morgan fingerprint density at radius 3 is 2.89 bits per heavy atom.